The molecule has 1 aliphatic heterocycles. The summed E-state index contributed by atoms with van der Waals surface area (Å²) in [5, 5.41) is 6.00. The van der Waals surface area contributed by atoms with Crippen LogP contribution in [-0.2, 0) is 4.79 Å². The van der Waals surface area contributed by atoms with E-state index in [0.717, 1.165) is 32.7 Å². The molecule has 0 radical (unpaired) electrons. The molecule has 4 nitrogen and oxygen atoms in total. The van der Waals surface area contributed by atoms with Crippen molar-refractivity contribution in [3.63, 3.8) is 0 Å². The first-order valence-electron chi connectivity index (χ1n) is 9.35. The van der Waals surface area contributed by atoms with Crippen LogP contribution in [0.5, 0.6) is 0 Å². The summed E-state index contributed by atoms with van der Waals surface area (Å²) in [6.07, 6.45) is 0. The van der Waals surface area contributed by atoms with Gasteiger partial charge in [0.05, 0.1) is 6.04 Å². The fourth-order valence-corrected chi connectivity index (χ4v) is 3.72. The molecule has 4 heteroatoms. The topological polar surface area (TPSA) is 35.6 Å². The first-order valence-corrected chi connectivity index (χ1v) is 9.35. The van der Waals surface area contributed by atoms with Gasteiger partial charge in [0.1, 0.15) is 0 Å². The summed E-state index contributed by atoms with van der Waals surface area (Å²) in [6, 6.07) is 14.7. The number of benzene rings is 2. The summed E-state index contributed by atoms with van der Waals surface area (Å²) in [6.45, 7) is 11.0. The van der Waals surface area contributed by atoms with Gasteiger partial charge in [0.2, 0.25) is 5.91 Å². The van der Waals surface area contributed by atoms with E-state index in [1.807, 2.05) is 11.8 Å². The van der Waals surface area contributed by atoms with Crippen LogP contribution in [0.4, 0.5) is 0 Å². The van der Waals surface area contributed by atoms with Gasteiger partial charge in [-0.25, -0.2) is 0 Å². The van der Waals surface area contributed by atoms with Gasteiger partial charge in [-0.2, -0.15) is 0 Å². The van der Waals surface area contributed by atoms with Crippen LogP contribution in [-0.4, -0.2) is 54.5 Å². The molecule has 1 N–H and O–H groups in total. The van der Waals surface area contributed by atoms with Crippen molar-refractivity contribution in [2.75, 3.05) is 32.7 Å². The second-order valence-electron chi connectivity index (χ2n) is 6.94. The molecule has 2 aromatic carbocycles. The number of piperazine rings is 1. The predicted molar refractivity (Wildman–Crippen MR) is 104 cm³/mol. The van der Waals surface area contributed by atoms with E-state index in [-0.39, 0.29) is 18.0 Å². The lowest BCUT2D eigenvalue weighted by Crippen LogP contribution is -2.53. The summed E-state index contributed by atoms with van der Waals surface area (Å²) in [5.41, 5.74) is 1.24. The van der Waals surface area contributed by atoms with E-state index in [0.29, 0.717) is 0 Å². The number of amides is 1. The maximum atomic E-state index is 12.8. The largest absolute Gasteiger partial charge is 0.339 e. The van der Waals surface area contributed by atoms with Gasteiger partial charge in [0, 0.05) is 32.2 Å². The van der Waals surface area contributed by atoms with Gasteiger partial charge in [-0.1, -0.05) is 49.4 Å². The molecule has 134 valence electrons. The fraction of sp³-hybridized carbons (Fsp3) is 0.476. The summed E-state index contributed by atoms with van der Waals surface area (Å²) in [4.78, 5) is 17.2. The lowest BCUT2D eigenvalue weighted by atomic mass is 9.99. The molecule has 3 rings (SSSR count). The highest BCUT2D eigenvalue weighted by Gasteiger charge is 2.25. The van der Waals surface area contributed by atoms with Gasteiger partial charge >= 0.3 is 0 Å². The number of hydrogen-bond acceptors (Lipinski definition) is 3. The molecule has 1 heterocycles. The molecular formula is C21H29N3O. The van der Waals surface area contributed by atoms with Gasteiger partial charge in [0.15, 0.2) is 0 Å². The number of fused-ring (bicyclic) bond motifs is 1. The van der Waals surface area contributed by atoms with E-state index in [9.17, 15) is 4.79 Å². The van der Waals surface area contributed by atoms with Crippen LogP contribution in [0.2, 0.25) is 0 Å². The lowest BCUT2D eigenvalue weighted by molar-refractivity contribution is -0.135. The predicted octanol–water partition coefficient (Wildman–Crippen LogP) is 3.04. The Morgan fingerprint density at radius 3 is 2.44 bits per heavy atom. The summed E-state index contributed by atoms with van der Waals surface area (Å²) in [5.74, 6) is 0.211. The number of carbonyl (C=O) groups excluding carboxylic acids is 1. The van der Waals surface area contributed by atoms with Crippen LogP contribution >= 0.6 is 0 Å². The Morgan fingerprint density at radius 1 is 1.04 bits per heavy atom. The smallest absolute Gasteiger partial charge is 0.239 e. The van der Waals surface area contributed by atoms with Crippen molar-refractivity contribution in [2.24, 2.45) is 0 Å². The highest BCUT2D eigenvalue weighted by atomic mass is 16.2. The number of hydrogen-bond donors (Lipinski definition) is 1. The number of carbonyl (C=O) groups is 1. The molecule has 25 heavy (non-hydrogen) atoms. The Bertz CT molecular complexity index is 717. The normalized spacial score (nSPS) is 18.3. The average Bonchev–Trinajstić information content (AvgIpc) is 2.66. The molecule has 0 aliphatic carbocycles. The zero-order valence-corrected chi connectivity index (χ0v) is 15.5. The molecule has 0 spiro atoms. The van der Waals surface area contributed by atoms with Crippen molar-refractivity contribution in [2.45, 2.75) is 32.9 Å². The van der Waals surface area contributed by atoms with Crippen LogP contribution in [0.3, 0.4) is 0 Å². The summed E-state index contributed by atoms with van der Waals surface area (Å²) in [7, 11) is 0. The molecule has 2 atom stereocenters. The zero-order valence-electron chi connectivity index (χ0n) is 15.5. The SMILES string of the molecule is CCN1CCN(C(=O)C(C)NC(C)c2cccc3ccccc23)CC1. The third kappa shape index (κ3) is 4.02. The van der Waals surface area contributed by atoms with Crippen LogP contribution in [0, 0.1) is 0 Å². The van der Waals surface area contributed by atoms with Gasteiger partial charge in [0.25, 0.3) is 0 Å². The third-order valence-electron chi connectivity index (χ3n) is 5.29. The van der Waals surface area contributed by atoms with Crippen molar-refractivity contribution in [1.29, 1.82) is 0 Å². The molecule has 1 saturated heterocycles. The standard InChI is InChI=1S/C21H29N3O/c1-4-23-12-14-24(15-13-23)21(25)17(3)22-16(2)19-11-7-9-18-8-5-6-10-20(18)19/h5-11,16-17,22H,4,12-15H2,1-3H3. The quantitative estimate of drug-likeness (QED) is 0.909. The second-order valence-corrected chi connectivity index (χ2v) is 6.94. The highest BCUT2D eigenvalue weighted by molar-refractivity contribution is 5.86. The second kappa shape index (κ2) is 7.98. The molecule has 2 aromatic rings. The maximum Gasteiger partial charge on any atom is 0.239 e. The molecule has 1 fully saturated rings. The zero-order chi connectivity index (χ0) is 17.8. The van der Waals surface area contributed by atoms with Crippen LogP contribution in [0.25, 0.3) is 10.8 Å². The number of nitrogens with one attached hydrogen (secondary N) is 1. The fourth-order valence-electron chi connectivity index (χ4n) is 3.72. The van der Waals surface area contributed by atoms with E-state index >= 15 is 0 Å². The Hall–Kier alpha value is -1.91. The minimum Gasteiger partial charge on any atom is -0.339 e. The van der Waals surface area contributed by atoms with Gasteiger partial charge in [-0.05, 0) is 36.7 Å². The number of rotatable bonds is 5. The Labute approximate surface area is 150 Å². The van der Waals surface area contributed by atoms with Gasteiger partial charge < -0.3 is 9.80 Å². The Balaban J connectivity index is 1.65. The van der Waals surface area contributed by atoms with Gasteiger partial charge in [-0.15, -0.1) is 0 Å². The molecular weight excluding hydrogens is 310 g/mol. The monoisotopic (exact) mass is 339 g/mol. The van der Waals surface area contributed by atoms with Crippen LogP contribution < -0.4 is 5.32 Å². The first kappa shape index (κ1) is 17.9. The Kier molecular flexibility index (Phi) is 5.71. The summed E-state index contributed by atoms with van der Waals surface area (Å²) >= 11 is 0. The molecule has 1 amide bonds. The van der Waals surface area contributed by atoms with E-state index in [2.05, 4.69) is 66.5 Å². The summed E-state index contributed by atoms with van der Waals surface area (Å²) < 4.78 is 0. The first-order chi connectivity index (χ1) is 12.1. The molecule has 0 saturated carbocycles. The van der Waals surface area contributed by atoms with Crippen molar-refractivity contribution >= 4 is 16.7 Å². The minimum atomic E-state index is -0.179. The van der Waals surface area contributed by atoms with Crippen molar-refractivity contribution < 1.29 is 4.79 Å². The number of likely N-dealkylation sites (N-methyl/N-ethyl adjacent to an activating group) is 1. The van der Waals surface area contributed by atoms with Crippen LogP contribution in [0.15, 0.2) is 42.5 Å². The molecule has 0 bridgehead atoms. The molecule has 0 aromatic heterocycles. The third-order valence-corrected chi connectivity index (χ3v) is 5.29. The van der Waals surface area contributed by atoms with E-state index in [1.54, 1.807) is 0 Å². The van der Waals surface area contributed by atoms with E-state index < -0.39 is 0 Å². The van der Waals surface area contributed by atoms with E-state index in [1.165, 1.54) is 16.3 Å². The molecule has 1 aliphatic rings. The van der Waals surface area contributed by atoms with Crippen molar-refractivity contribution in [3.8, 4) is 0 Å². The molecule has 2 unspecified atom stereocenters. The average molecular weight is 339 g/mol. The Morgan fingerprint density at radius 2 is 1.72 bits per heavy atom. The van der Waals surface area contributed by atoms with E-state index in [4.69, 9.17) is 0 Å². The minimum absolute atomic E-state index is 0.127. The number of nitrogens with zero attached hydrogens (tertiary/aromatic N) is 2. The van der Waals surface area contributed by atoms with Crippen LogP contribution in [0.1, 0.15) is 32.4 Å². The maximum absolute atomic E-state index is 12.8. The van der Waals surface area contributed by atoms with Gasteiger partial charge in [-0.3, -0.25) is 10.1 Å². The lowest BCUT2D eigenvalue weighted by Gasteiger charge is -2.36. The van der Waals surface area contributed by atoms with Crippen molar-refractivity contribution in [3.05, 3.63) is 48.0 Å². The highest BCUT2D eigenvalue weighted by Crippen LogP contribution is 2.24. The van der Waals surface area contributed by atoms with Crippen molar-refractivity contribution in [1.82, 2.24) is 15.1 Å².